The molecule has 8 heteroatoms. The average Bonchev–Trinajstić information content (AvgIpc) is 2.98. The van der Waals surface area contributed by atoms with Crippen molar-refractivity contribution in [2.45, 2.75) is 25.3 Å². The van der Waals surface area contributed by atoms with Crippen molar-refractivity contribution in [3.05, 3.63) is 30.1 Å². The number of hydrogen-bond acceptors (Lipinski definition) is 4. The van der Waals surface area contributed by atoms with E-state index < -0.39 is 10.0 Å². The van der Waals surface area contributed by atoms with Crippen molar-refractivity contribution in [2.24, 2.45) is 11.8 Å². The second-order valence-corrected chi connectivity index (χ2v) is 9.42. The Morgan fingerprint density at radius 2 is 1.81 bits per heavy atom. The number of carbonyl (C=O) groups excluding carboxylic acids is 1. The van der Waals surface area contributed by atoms with Crippen LogP contribution in [-0.4, -0.2) is 62.5 Å². The normalized spacial score (nSPS) is 26.1. The molecule has 0 aromatic heterocycles. The lowest BCUT2D eigenvalue weighted by molar-refractivity contribution is -0.119. The van der Waals surface area contributed by atoms with Crippen LogP contribution in [0.3, 0.4) is 0 Å². The summed E-state index contributed by atoms with van der Waals surface area (Å²) in [6.45, 7) is 1.80. The van der Waals surface area contributed by atoms with E-state index in [1.54, 1.807) is 12.1 Å². The Morgan fingerprint density at radius 1 is 1.19 bits per heavy atom. The smallest absolute Gasteiger partial charge is 0.228 e. The number of rotatable bonds is 4. The molecule has 0 radical (unpaired) electrons. The van der Waals surface area contributed by atoms with Crippen LogP contribution in [0.15, 0.2) is 24.3 Å². The number of hydrogen-bond donors (Lipinski definition) is 1. The molecule has 0 saturated carbocycles. The van der Waals surface area contributed by atoms with E-state index in [1.807, 2.05) is 7.05 Å². The first-order chi connectivity index (χ1) is 12.2. The SMILES string of the molecule is CN1C[C@@H](C(=O)Nc2ccc(F)cc2)C[C@@H]1C1CCN(S(C)(=O)=O)CC1. The van der Waals surface area contributed by atoms with E-state index >= 15 is 0 Å². The molecular formula is C18H26FN3O3S. The molecule has 2 aliphatic heterocycles. The molecule has 3 rings (SSSR count). The van der Waals surface area contributed by atoms with Crippen LogP contribution in [0.4, 0.5) is 10.1 Å². The zero-order valence-corrected chi connectivity index (χ0v) is 16.0. The molecular weight excluding hydrogens is 357 g/mol. The number of piperidine rings is 1. The van der Waals surface area contributed by atoms with Crippen molar-refractivity contribution in [2.75, 3.05) is 38.3 Å². The van der Waals surface area contributed by atoms with Crippen molar-refractivity contribution in [3.8, 4) is 0 Å². The van der Waals surface area contributed by atoms with Gasteiger partial charge in [-0.3, -0.25) is 4.79 Å². The summed E-state index contributed by atoms with van der Waals surface area (Å²) in [5.41, 5.74) is 0.601. The number of likely N-dealkylation sites (tertiary alicyclic amines) is 1. The molecule has 0 unspecified atom stereocenters. The largest absolute Gasteiger partial charge is 0.326 e. The summed E-state index contributed by atoms with van der Waals surface area (Å²) in [6, 6.07) is 6.07. The Balaban J connectivity index is 1.56. The third-order valence-corrected chi connectivity index (χ3v) is 6.90. The topological polar surface area (TPSA) is 69.7 Å². The third-order valence-electron chi connectivity index (χ3n) is 5.59. The molecule has 1 aromatic carbocycles. The zero-order chi connectivity index (χ0) is 18.9. The van der Waals surface area contributed by atoms with Crippen LogP contribution in [0, 0.1) is 17.7 Å². The van der Waals surface area contributed by atoms with Crippen LogP contribution in [0.25, 0.3) is 0 Å². The monoisotopic (exact) mass is 383 g/mol. The van der Waals surface area contributed by atoms with Gasteiger partial charge in [0.15, 0.2) is 0 Å². The number of benzene rings is 1. The number of sulfonamides is 1. The maximum atomic E-state index is 13.0. The lowest BCUT2D eigenvalue weighted by atomic mass is 9.87. The van der Waals surface area contributed by atoms with E-state index in [0.717, 1.165) is 19.3 Å². The van der Waals surface area contributed by atoms with E-state index in [2.05, 4.69) is 10.2 Å². The molecule has 26 heavy (non-hydrogen) atoms. The van der Waals surface area contributed by atoms with E-state index in [-0.39, 0.29) is 17.6 Å². The molecule has 1 N–H and O–H groups in total. The summed E-state index contributed by atoms with van der Waals surface area (Å²) >= 11 is 0. The second kappa shape index (κ2) is 7.62. The highest BCUT2D eigenvalue weighted by atomic mass is 32.2. The third kappa shape index (κ3) is 4.42. The molecule has 0 aliphatic carbocycles. The van der Waals surface area contributed by atoms with E-state index in [4.69, 9.17) is 0 Å². The van der Waals surface area contributed by atoms with E-state index in [9.17, 15) is 17.6 Å². The number of halogens is 1. The van der Waals surface area contributed by atoms with Gasteiger partial charge in [-0.1, -0.05) is 0 Å². The zero-order valence-electron chi connectivity index (χ0n) is 15.2. The minimum absolute atomic E-state index is 0.0421. The Labute approximate surface area is 154 Å². The first kappa shape index (κ1) is 19.3. The first-order valence-corrected chi connectivity index (χ1v) is 10.8. The Bertz CT molecular complexity index is 745. The Morgan fingerprint density at radius 3 is 2.38 bits per heavy atom. The van der Waals surface area contributed by atoms with Gasteiger partial charge in [-0.15, -0.1) is 0 Å². The summed E-state index contributed by atoms with van der Waals surface area (Å²) in [7, 11) is -1.09. The lowest BCUT2D eigenvalue weighted by Crippen LogP contribution is -2.43. The fourth-order valence-corrected chi connectivity index (χ4v) is 5.02. The maximum absolute atomic E-state index is 13.0. The highest BCUT2D eigenvalue weighted by Gasteiger charge is 2.40. The standard InChI is InChI=1S/C18H26FN3O3S/c1-21-12-14(18(23)20-16-5-3-15(19)4-6-16)11-17(21)13-7-9-22(10-8-13)26(2,24)25/h3-6,13-14,17H,7-12H2,1-2H3,(H,20,23)/t14-,17+/m0/s1. The van der Waals surface area contributed by atoms with Crippen LogP contribution in [0.2, 0.25) is 0 Å². The van der Waals surface area contributed by atoms with Crippen LogP contribution in [0.5, 0.6) is 0 Å². The second-order valence-electron chi connectivity index (χ2n) is 7.44. The number of amides is 1. The van der Waals surface area contributed by atoms with Gasteiger partial charge in [-0.05, 0) is 56.5 Å². The number of anilines is 1. The maximum Gasteiger partial charge on any atom is 0.228 e. The van der Waals surface area contributed by atoms with Crippen molar-refractivity contribution >= 4 is 21.6 Å². The summed E-state index contributed by atoms with van der Waals surface area (Å²) in [5, 5.41) is 2.86. The van der Waals surface area contributed by atoms with Crippen LogP contribution in [-0.2, 0) is 14.8 Å². The Kier molecular flexibility index (Phi) is 5.64. The van der Waals surface area contributed by atoms with Gasteiger partial charge in [0.25, 0.3) is 0 Å². The van der Waals surface area contributed by atoms with Gasteiger partial charge < -0.3 is 10.2 Å². The lowest BCUT2D eigenvalue weighted by Gasteiger charge is -2.35. The molecule has 0 spiro atoms. The molecule has 6 nitrogen and oxygen atoms in total. The highest BCUT2D eigenvalue weighted by Crippen LogP contribution is 2.33. The van der Waals surface area contributed by atoms with Crippen molar-refractivity contribution in [3.63, 3.8) is 0 Å². The van der Waals surface area contributed by atoms with Gasteiger partial charge in [0, 0.05) is 31.4 Å². The predicted octanol–water partition coefficient (Wildman–Crippen LogP) is 1.76. The van der Waals surface area contributed by atoms with Crippen LogP contribution < -0.4 is 5.32 Å². The average molecular weight is 383 g/mol. The van der Waals surface area contributed by atoms with Crippen molar-refractivity contribution in [1.82, 2.24) is 9.21 Å². The van der Waals surface area contributed by atoms with Crippen molar-refractivity contribution in [1.29, 1.82) is 0 Å². The van der Waals surface area contributed by atoms with Crippen LogP contribution >= 0.6 is 0 Å². The van der Waals surface area contributed by atoms with Gasteiger partial charge >= 0.3 is 0 Å². The summed E-state index contributed by atoms with van der Waals surface area (Å²) < 4.78 is 37.8. The molecule has 1 aromatic rings. The molecule has 0 bridgehead atoms. The van der Waals surface area contributed by atoms with Gasteiger partial charge in [-0.25, -0.2) is 17.1 Å². The van der Waals surface area contributed by atoms with Gasteiger partial charge in [0.1, 0.15) is 5.82 Å². The van der Waals surface area contributed by atoms with E-state index in [0.29, 0.717) is 37.3 Å². The summed E-state index contributed by atoms with van der Waals surface area (Å²) in [6.07, 6.45) is 3.68. The molecule has 2 saturated heterocycles. The molecule has 2 atom stereocenters. The fourth-order valence-electron chi connectivity index (χ4n) is 4.14. The fraction of sp³-hybridized carbons (Fsp3) is 0.611. The molecule has 2 aliphatic rings. The molecule has 1 amide bonds. The van der Waals surface area contributed by atoms with Gasteiger partial charge in [0.05, 0.1) is 12.2 Å². The highest BCUT2D eigenvalue weighted by molar-refractivity contribution is 7.88. The minimum atomic E-state index is -3.12. The number of nitrogens with one attached hydrogen (secondary N) is 1. The first-order valence-electron chi connectivity index (χ1n) is 8.96. The summed E-state index contributed by atoms with van der Waals surface area (Å²) in [5.74, 6) is -0.0757. The molecule has 144 valence electrons. The molecule has 2 heterocycles. The van der Waals surface area contributed by atoms with Gasteiger partial charge in [0.2, 0.25) is 15.9 Å². The summed E-state index contributed by atoms with van der Waals surface area (Å²) in [4.78, 5) is 14.8. The minimum Gasteiger partial charge on any atom is -0.326 e. The van der Waals surface area contributed by atoms with Crippen LogP contribution in [0.1, 0.15) is 19.3 Å². The molecule has 2 fully saturated rings. The number of nitrogens with zero attached hydrogens (tertiary/aromatic N) is 2. The number of carbonyl (C=O) groups is 1. The predicted molar refractivity (Wildman–Crippen MR) is 98.7 cm³/mol. The van der Waals surface area contributed by atoms with Gasteiger partial charge in [-0.2, -0.15) is 0 Å². The Hall–Kier alpha value is -1.51. The van der Waals surface area contributed by atoms with E-state index in [1.165, 1.54) is 22.7 Å². The quantitative estimate of drug-likeness (QED) is 0.860. The van der Waals surface area contributed by atoms with Crippen molar-refractivity contribution < 1.29 is 17.6 Å².